The number of aryl methyl sites for hydroxylation is 1. The number of aromatic amines is 1. The Hall–Kier alpha value is -4.28. The summed E-state index contributed by atoms with van der Waals surface area (Å²) in [4.78, 5) is 37.1. The second kappa shape index (κ2) is 9.92. The zero-order valence-electron chi connectivity index (χ0n) is 19.1. The Kier molecular flexibility index (Phi) is 6.38. The number of aromatic nitrogens is 8. The molecule has 0 atom stereocenters. The molecule has 0 saturated heterocycles. The van der Waals surface area contributed by atoms with Gasteiger partial charge >= 0.3 is 12.0 Å². The lowest BCUT2D eigenvalue weighted by Crippen LogP contribution is -2.25. The van der Waals surface area contributed by atoms with Gasteiger partial charge in [-0.3, -0.25) is 19.9 Å². The summed E-state index contributed by atoms with van der Waals surface area (Å²) in [7, 11) is 0. The first kappa shape index (κ1) is 22.5. The minimum absolute atomic E-state index is 0.0143. The van der Waals surface area contributed by atoms with Crippen LogP contribution >= 0.6 is 0 Å². The minimum atomic E-state index is -0.739. The lowest BCUT2D eigenvalue weighted by atomic mass is 9.85. The molecule has 0 radical (unpaired) electrons. The van der Waals surface area contributed by atoms with Gasteiger partial charge in [-0.2, -0.15) is 5.10 Å². The molecule has 0 spiro atoms. The van der Waals surface area contributed by atoms with Gasteiger partial charge in [0.25, 0.3) is 0 Å². The van der Waals surface area contributed by atoms with Crippen molar-refractivity contribution in [1.29, 1.82) is 0 Å². The Bertz CT molecular complexity index is 1280. The SMILES string of the molecule is Cc1cnc(-c2nc(-c3ccc(-c4cnc(OC5CCC(CC(=O)O)CC5)nc4)nc3)n[nH]2)cn1. The molecule has 5 rings (SSSR count). The molecule has 0 amide bonds. The number of carboxylic acid groups (broad SMARTS) is 1. The number of nitrogens with one attached hydrogen (secondary N) is 1. The van der Waals surface area contributed by atoms with Gasteiger partial charge < -0.3 is 9.84 Å². The van der Waals surface area contributed by atoms with E-state index in [1.807, 2.05) is 19.1 Å². The fourth-order valence-electron chi connectivity index (χ4n) is 4.08. The van der Waals surface area contributed by atoms with E-state index in [-0.39, 0.29) is 18.4 Å². The predicted molar refractivity (Wildman–Crippen MR) is 125 cm³/mol. The number of carbonyl (C=O) groups is 1. The van der Waals surface area contributed by atoms with Crippen LogP contribution in [-0.4, -0.2) is 57.3 Å². The molecule has 4 heterocycles. The first-order valence-corrected chi connectivity index (χ1v) is 11.4. The maximum absolute atomic E-state index is 10.9. The van der Waals surface area contributed by atoms with Gasteiger partial charge in [0.1, 0.15) is 11.8 Å². The standard InChI is InChI=1S/C24H24N8O3/c1-14-9-26-20(13-25-14)23-30-22(31-32-23)16-4-7-19(27-10-16)17-11-28-24(29-12-17)35-18-5-2-15(3-6-18)8-21(33)34/h4,7,9-13,15,18H,2-3,5-6,8H2,1H3,(H,33,34)(H,30,31,32). The predicted octanol–water partition coefficient (Wildman–Crippen LogP) is 3.50. The number of aliphatic carboxylic acids is 1. The Balaban J connectivity index is 1.20. The largest absolute Gasteiger partial charge is 0.481 e. The van der Waals surface area contributed by atoms with Crippen LogP contribution in [0.2, 0.25) is 0 Å². The molecule has 1 aliphatic carbocycles. The Morgan fingerprint density at radius 1 is 0.943 bits per heavy atom. The van der Waals surface area contributed by atoms with Crippen LogP contribution < -0.4 is 4.74 Å². The van der Waals surface area contributed by atoms with Crippen molar-refractivity contribution >= 4 is 5.97 Å². The third-order valence-electron chi connectivity index (χ3n) is 5.98. The summed E-state index contributed by atoms with van der Waals surface area (Å²) >= 11 is 0. The summed E-state index contributed by atoms with van der Waals surface area (Å²) in [6.07, 6.45) is 11.9. The number of ether oxygens (including phenoxy) is 1. The highest BCUT2D eigenvalue weighted by molar-refractivity contribution is 5.67. The number of hydrogen-bond donors (Lipinski definition) is 2. The number of rotatable bonds is 7. The van der Waals surface area contributed by atoms with Crippen LogP contribution in [0.5, 0.6) is 6.01 Å². The Morgan fingerprint density at radius 2 is 1.69 bits per heavy atom. The molecule has 1 saturated carbocycles. The summed E-state index contributed by atoms with van der Waals surface area (Å²) in [6, 6.07) is 4.07. The highest BCUT2D eigenvalue weighted by atomic mass is 16.5. The molecule has 0 aliphatic heterocycles. The maximum atomic E-state index is 10.9. The van der Waals surface area contributed by atoms with Crippen molar-refractivity contribution < 1.29 is 14.6 Å². The maximum Gasteiger partial charge on any atom is 0.316 e. The first-order valence-electron chi connectivity index (χ1n) is 11.4. The van der Waals surface area contributed by atoms with Crippen molar-refractivity contribution in [3.8, 4) is 40.2 Å². The number of pyridine rings is 1. The molecule has 1 aliphatic rings. The minimum Gasteiger partial charge on any atom is -0.481 e. The molecule has 0 unspecified atom stereocenters. The van der Waals surface area contributed by atoms with Crippen molar-refractivity contribution in [2.75, 3.05) is 0 Å². The van der Waals surface area contributed by atoms with Crippen LogP contribution in [0.4, 0.5) is 0 Å². The van der Waals surface area contributed by atoms with Crippen LogP contribution in [0.25, 0.3) is 34.2 Å². The zero-order chi connectivity index (χ0) is 24.2. The molecule has 4 aromatic heterocycles. The van der Waals surface area contributed by atoms with Crippen LogP contribution in [0, 0.1) is 12.8 Å². The van der Waals surface area contributed by atoms with Crippen LogP contribution in [0.3, 0.4) is 0 Å². The number of carboxylic acids is 1. The van der Waals surface area contributed by atoms with E-state index in [1.165, 1.54) is 0 Å². The topological polar surface area (TPSA) is 153 Å². The Labute approximate surface area is 201 Å². The van der Waals surface area contributed by atoms with Gasteiger partial charge in [-0.15, -0.1) is 0 Å². The molecule has 0 bridgehead atoms. The fraction of sp³-hybridized carbons (Fsp3) is 0.333. The van der Waals surface area contributed by atoms with Gasteiger partial charge in [0.15, 0.2) is 11.6 Å². The van der Waals surface area contributed by atoms with Crippen molar-refractivity contribution in [2.24, 2.45) is 5.92 Å². The molecule has 1 fully saturated rings. The van der Waals surface area contributed by atoms with E-state index in [2.05, 4.69) is 40.1 Å². The normalized spacial score (nSPS) is 17.7. The number of hydrogen-bond acceptors (Lipinski definition) is 9. The molecule has 2 N–H and O–H groups in total. The third-order valence-corrected chi connectivity index (χ3v) is 5.98. The van der Waals surface area contributed by atoms with Crippen molar-refractivity contribution in [3.05, 3.63) is 48.8 Å². The molecule has 0 aromatic carbocycles. The Morgan fingerprint density at radius 3 is 2.34 bits per heavy atom. The summed E-state index contributed by atoms with van der Waals surface area (Å²) in [5.74, 6) is 0.539. The number of H-pyrrole nitrogens is 1. The molecule has 178 valence electrons. The molecule has 4 aromatic rings. The molecular formula is C24H24N8O3. The quantitative estimate of drug-likeness (QED) is 0.408. The average molecular weight is 473 g/mol. The third kappa shape index (κ3) is 5.45. The van der Waals surface area contributed by atoms with Gasteiger partial charge in [-0.25, -0.2) is 19.9 Å². The van der Waals surface area contributed by atoms with E-state index < -0.39 is 5.97 Å². The van der Waals surface area contributed by atoms with Gasteiger partial charge in [0, 0.05) is 42.3 Å². The summed E-state index contributed by atoms with van der Waals surface area (Å²) in [6.45, 7) is 1.87. The van der Waals surface area contributed by atoms with Crippen LogP contribution in [-0.2, 0) is 4.79 Å². The van der Waals surface area contributed by atoms with E-state index in [4.69, 9.17) is 9.84 Å². The van der Waals surface area contributed by atoms with Gasteiger partial charge in [-0.05, 0) is 50.7 Å². The van der Waals surface area contributed by atoms with Crippen LogP contribution in [0.15, 0.2) is 43.1 Å². The van der Waals surface area contributed by atoms with Gasteiger partial charge in [0.05, 0.1) is 17.6 Å². The fourth-order valence-corrected chi connectivity index (χ4v) is 4.08. The smallest absolute Gasteiger partial charge is 0.316 e. The lowest BCUT2D eigenvalue weighted by molar-refractivity contribution is -0.138. The van der Waals surface area contributed by atoms with Crippen molar-refractivity contribution in [2.45, 2.75) is 45.1 Å². The van der Waals surface area contributed by atoms with Crippen molar-refractivity contribution in [1.82, 2.24) is 40.1 Å². The molecular weight excluding hydrogens is 448 g/mol. The van der Waals surface area contributed by atoms with E-state index >= 15 is 0 Å². The lowest BCUT2D eigenvalue weighted by Gasteiger charge is -2.27. The monoisotopic (exact) mass is 472 g/mol. The van der Waals surface area contributed by atoms with E-state index in [1.54, 1.807) is 31.0 Å². The summed E-state index contributed by atoms with van der Waals surface area (Å²) in [5, 5.41) is 16.1. The second-order valence-corrected chi connectivity index (χ2v) is 8.60. The molecule has 11 nitrogen and oxygen atoms in total. The van der Waals surface area contributed by atoms with Gasteiger partial charge in [-0.1, -0.05) is 0 Å². The summed E-state index contributed by atoms with van der Waals surface area (Å²) in [5.41, 5.74) is 3.69. The highest BCUT2D eigenvalue weighted by Gasteiger charge is 2.24. The number of nitrogens with zero attached hydrogens (tertiary/aromatic N) is 7. The first-order chi connectivity index (χ1) is 17.0. The second-order valence-electron chi connectivity index (χ2n) is 8.60. The zero-order valence-corrected chi connectivity index (χ0v) is 19.1. The summed E-state index contributed by atoms with van der Waals surface area (Å²) < 4.78 is 5.90. The molecule has 35 heavy (non-hydrogen) atoms. The van der Waals surface area contributed by atoms with Crippen molar-refractivity contribution in [3.63, 3.8) is 0 Å². The average Bonchev–Trinajstić information content (AvgIpc) is 3.36. The van der Waals surface area contributed by atoms with Crippen LogP contribution in [0.1, 0.15) is 37.8 Å². The molecule has 11 heteroatoms. The van der Waals surface area contributed by atoms with E-state index in [0.29, 0.717) is 23.4 Å². The van der Waals surface area contributed by atoms with Gasteiger partial charge in [0.2, 0.25) is 0 Å². The van der Waals surface area contributed by atoms with E-state index in [0.717, 1.165) is 48.2 Å². The van der Waals surface area contributed by atoms with E-state index in [9.17, 15) is 4.79 Å². The highest BCUT2D eigenvalue weighted by Crippen LogP contribution is 2.29.